The van der Waals surface area contributed by atoms with Crippen molar-refractivity contribution in [1.29, 1.82) is 0 Å². The molecule has 1 aromatic rings. The zero-order valence-corrected chi connectivity index (χ0v) is 9.37. The average molecular weight is 226 g/mol. The molecule has 0 aliphatic rings. The van der Waals surface area contributed by atoms with Crippen molar-refractivity contribution in [3.05, 3.63) is 29.6 Å². The topological polar surface area (TPSA) is 46.5 Å². The third-order valence-corrected chi connectivity index (χ3v) is 2.18. The molecule has 0 saturated heterocycles. The van der Waals surface area contributed by atoms with Gasteiger partial charge in [0, 0.05) is 0 Å². The van der Waals surface area contributed by atoms with Gasteiger partial charge in [0.15, 0.2) is 17.7 Å². The molecular weight excluding hydrogens is 211 g/mol. The molecule has 1 atom stereocenters. The fourth-order valence-corrected chi connectivity index (χ4v) is 1.35. The number of ether oxygens (including phenoxy) is 1. The van der Waals surface area contributed by atoms with E-state index < -0.39 is 17.9 Å². The number of rotatable bonds is 5. The van der Waals surface area contributed by atoms with Crippen LogP contribution in [0.25, 0.3) is 0 Å². The maximum Gasteiger partial charge on any atom is 0.344 e. The zero-order chi connectivity index (χ0) is 12.1. The predicted octanol–water partition coefficient (Wildman–Crippen LogP) is 2.77. The van der Waals surface area contributed by atoms with Crippen molar-refractivity contribution in [2.45, 2.75) is 32.8 Å². The molecule has 4 heteroatoms. The van der Waals surface area contributed by atoms with Gasteiger partial charge >= 0.3 is 5.97 Å². The monoisotopic (exact) mass is 226 g/mol. The molecule has 1 rings (SSSR count). The Kier molecular flexibility index (Phi) is 4.28. The molecule has 88 valence electrons. The van der Waals surface area contributed by atoms with Crippen LogP contribution < -0.4 is 4.74 Å². The van der Waals surface area contributed by atoms with Gasteiger partial charge in [-0.05, 0) is 31.0 Å². The molecule has 0 spiro atoms. The molecule has 16 heavy (non-hydrogen) atoms. The van der Waals surface area contributed by atoms with Gasteiger partial charge < -0.3 is 9.84 Å². The maximum absolute atomic E-state index is 13.3. The minimum absolute atomic E-state index is 0.000787. The second-order valence-electron chi connectivity index (χ2n) is 3.67. The summed E-state index contributed by atoms with van der Waals surface area (Å²) in [5.41, 5.74) is 0.831. The summed E-state index contributed by atoms with van der Waals surface area (Å²) >= 11 is 0. The maximum atomic E-state index is 13.3. The van der Waals surface area contributed by atoms with Crippen LogP contribution in [0.2, 0.25) is 0 Å². The van der Waals surface area contributed by atoms with E-state index in [2.05, 4.69) is 0 Å². The first-order valence-electron chi connectivity index (χ1n) is 5.20. The Morgan fingerprint density at radius 1 is 1.56 bits per heavy atom. The average Bonchev–Trinajstić information content (AvgIpc) is 2.22. The smallest absolute Gasteiger partial charge is 0.344 e. The van der Waals surface area contributed by atoms with Crippen molar-refractivity contribution >= 4 is 5.97 Å². The highest BCUT2D eigenvalue weighted by molar-refractivity contribution is 5.72. The predicted molar refractivity (Wildman–Crippen MR) is 58.1 cm³/mol. The van der Waals surface area contributed by atoms with Crippen LogP contribution >= 0.6 is 0 Å². The van der Waals surface area contributed by atoms with Crippen molar-refractivity contribution in [3.8, 4) is 5.75 Å². The Balaban J connectivity index is 2.84. The molecule has 0 saturated carbocycles. The molecule has 0 fully saturated rings. The first-order valence-corrected chi connectivity index (χ1v) is 5.20. The van der Waals surface area contributed by atoms with Crippen molar-refractivity contribution in [3.63, 3.8) is 0 Å². The summed E-state index contributed by atoms with van der Waals surface area (Å²) in [6.07, 6.45) is 0.0499. The largest absolute Gasteiger partial charge is 0.479 e. The van der Waals surface area contributed by atoms with Crippen LogP contribution in [0, 0.1) is 12.7 Å². The summed E-state index contributed by atoms with van der Waals surface area (Å²) in [5.74, 6) is -1.60. The molecule has 0 radical (unpaired) electrons. The van der Waals surface area contributed by atoms with Gasteiger partial charge in [0.2, 0.25) is 0 Å². The molecule has 3 nitrogen and oxygen atoms in total. The van der Waals surface area contributed by atoms with E-state index in [1.807, 2.05) is 6.92 Å². The van der Waals surface area contributed by atoms with Crippen LogP contribution in [0.4, 0.5) is 4.39 Å². The van der Waals surface area contributed by atoms with Gasteiger partial charge in [-0.25, -0.2) is 9.18 Å². The Morgan fingerprint density at radius 2 is 2.25 bits per heavy atom. The minimum atomic E-state index is -1.07. The SMILES string of the molecule is CCCC(Oc1cc(C)ccc1F)C(=O)O. The van der Waals surface area contributed by atoms with Crippen LogP contribution in [-0.4, -0.2) is 17.2 Å². The van der Waals surface area contributed by atoms with E-state index in [4.69, 9.17) is 9.84 Å². The fourth-order valence-electron chi connectivity index (χ4n) is 1.35. The Hall–Kier alpha value is -1.58. The van der Waals surface area contributed by atoms with E-state index >= 15 is 0 Å². The fraction of sp³-hybridized carbons (Fsp3) is 0.417. The summed E-state index contributed by atoms with van der Waals surface area (Å²) in [6, 6.07) is 4.38. The highest BCUT2D eigenvalue weighted by atomic mass is 19.1. The third kappa shape index (κ3) is 3.22. The second kappa shape index (κ2) is 5.49. The van der Waals surface area contributed by atoms with Crippen LogP contribution in [0.15, 0.2) is 18.2 Å². The number of halogens is 1. The Bertz CT molecular complexity index is 377. The molecule has 1 unspecified atom stereocenters. The van der Waals surface area contributed by atoms with Gasteiger partial charge in [0.25, 0.3) is 0 Å². The lowest BCUT2D eigenvalue weighted by Gasteiger charge is -2.15. The van der Waals surface area contributed by atoms with Crippen LogP contribution in [0.1, 0.15) is 25.3 Å². The van der Waals surface area contributed by atoms with E-state index in [0.29, 0.717) is 12.8 Å². The van der Waals surface area contributed by atoms with Crippen LogP contribution in [0.3, 0.4) is 0 Å². The summed E-state index contributed by atoms with van der Waals surface area (Å²) in [4.78, 5) is 10.8. The molecule has 0 aromatic heterocycles. The molecule has 1 N–H and O–H groups in total. The number of aryl methyl sites for hydroxylation is 1. The molecular formula is C12H15FO3. The number of carbonyl (C=O) groups is 1. The van der Waals surface area contributed by atoms with Gasteiger partial charge in [0.05, 0.1) is 0 Å². The van der Waals surface area contributed by atoms with Gasteiger partial charge in [0.1, 0.15) is 0 Å². The van der Waals surface area contributed by atoms with Gasteiger partial charge in [-0.2, -0.15) is 0 Å². The van der Waals surface area contributed by atoms with Crippen LogP contribution in [-0.2, 0) is 4.79 Å². The summed E-state index contributed by atoms with van der Waals surface area (Å²) in [7, 11) is 0. The molecule has 0 aliphatic carbocycles. The first kappa shape index (κ1) is 12.5. The highest BCUT2D eigenvalue weighted by Gasteiger charge is 2.19. The van der Waals surface area contributed by atoms with Gasteiger partial charge in [-0.3, -0.25) is 0 Å². The van der Waals surface area contributed by atoms with E-state index in [9.17, 15) is 9.18 Å². The number of carboxylic acids is 1. The van der Waals surface area contributed by atoms with Crippen molar-refractivity contribution in [2.75, 3.05) is 0 Å². The van der Waals surface area contributed by atoms with E-state index in [1.54, 1.807) is 13.0 Å². The Labute approximate surface area is 93.9 Å². The third-order valence-electron chi connectivity index (χ3n) is 2.18. The number of aliphatic carboxylic acids is 1. The molecule has 1 aromatic carbocycles. The molecule has 0 heterocycles. The number of hydrogen-bond acceptors (Lipinski definition) is 2. The molecule has 0 amide bonds. The highest BCUT2D eigenvalue weighted by Crippen LogP contribution is 2.20. The quantitative estimate of drug-likeness (QED) is 0.839. The van der Waals surface area contributed by atoms with E-state index in [0.717, 1.165) is 5.56 Å². The van der Waals surface area contributed by atoms with E-state index in [1.165, 1.54) is 12.1 Å². The molecule has 0 bridgehead atoms. The second-order valence-corrected chi connectivity index (χ2v) is 3.67. The van der Waals surface area contributed by atoms with Crippen molar-refractivity contribution < 1.29 is 19.0 Å². The van der Waals surface area contributed by atoms with Gasteiger partial charge in [-0.15, -0.1) is 0 Å². The Morgan fingerprint density at radius 3 is 2.81 bits per heavy atom. The van der Waals surface area contributed by atoms with Crippen LogP contribution in [0.5, 0.6) is 5.75 Å². The number of benzene rings is 1. The number of carboxylic acid groups (broad SMARTS) is 1. The lowest BCUT2D eigenvalue weighted by atomic mass is 10.2. The minimum Gasteiger partial charge on any atom is -0.479 e. The lowest BCUT2D eigenvalue weighted by molar-refractivity contribution is -0.145. The zero-order valence-electron chi connectivity index (χ0n) is 9.37. The summed E-state index contributed by atoms with van der Waals surface area (Å²) in [5, 5.41) is 8.88. The standard InChI is InChI=1S/C12H15FO3/c1-3-4-10(12(14)15)16-11-7-8(2)5-6-9(11)13/h5-7,10H,3-4H2,1-2H3,(H,14,15). The lowest BCUT2D eigenvalue weighted by Crippen LogP contribution is -2.27. The number of hydrogen-bond donors (Lipinski definition) is 1. The summed E-state index contributed by atoms with van der Waals surface area (Å²) in [6.45, 7) is 3.65. The first-order chi connectivity index (χ1) is 7.54. The van der Waals surface area contributed by atoms with Gasteiger partial charge in [-0.1, -0.05) is 19.4 Å². The summed E-state index contributed by atoms with van der Waals surface area (Å²) < 4.78 is 18.5. The van der Waals surface area contributed by atoms with Crippen molar-refractivity contribution in [1.82, 2.24) is 0 Å². The molecule has 0 aliphatic heterocycles. The normalized spacial score (nSPS) is 12.2. The van der Waals surface area contributed by atoms with E-state index in [-0.39, 0.29) is 5.75 Å². The van der Waals surface area contributed by atoms with Crippen molar-refractivity contribution in [2.24, 2.45) is 0 Å².